The molecule has 0 spiro atoms. The van der Waals surface area contributed by atoms with Crippen molar-refractivity contribution in [2.45, 2.75) is 25.9 Å². The Labute approximate surface area is 74.7 Å². The summed E-state index contributed by atoms with van der Waals surface area (Å²) in [4.78, 5) is 9.71. The highest BCUT2D eigenvalue weighted by atomic mass is 16.6. The van der Waals surface area contributed by atoms with Crippen LogP contribution in [0.25, 0.3) is 0 Å². The van der Waals surface area contributed by atoms with Gasteiger partial charge in [-0.3, -0.25) is 0 Å². The summed E-state index contributed by atoms with van der Waals surface area (Å²) in [5.41, 5.74) is 0.604. The first-order valence-corrected chi connectivity index (χ1v) is 3.96. The quantitative estimate of drug-likeness (QED) is 0.531. The largest absolute Gasteiger partial charge is 0.393 e. The Bertz CT molecular complexity index is 295. The molecule has 6 nitrogen and oxygen atoms in total. The van der Waals surface area contributed by atoms with Crippen molar-refractivity contribution in [1.29, 1.82) is 0 Å². The van der Waals surface area contributed by atoms with Gasteiger partial charge in [-0.1, -0.05) is 5.10 Å². The molecular weight excluding hydrogens is 174 g/mol. The first kappa shape index (κ1) is 9.66. The van der Waals surface area contributed by atoms with Crippen LogP contribution in [-0.4, -0.2) is 26.3 Å². The third-order valence-corrected chi connectivity index (χ3v) is 1.63. The second kappa shape index (κ2) is 3.99. The lowest BCUT2D eigenvalue weighted by atomic mass is 10.2. The third-order valence-electron chi connectivity index (χ3n) is 1.63. The molecule has 0 saturated carbocycles. The Morgan fingerprint density at radius 1 is 1.85 bits per heavy atom. The highest BCUT2D eigenvalue weighted by molar-refractivity contribution is 5.20. The number of aliphatic hydroxyl groups is 1. The SMILES string of the molecule is CC(O)CCc1cc([N+](=O)[O-])[nH]n1. The van der Waals surface area contributed by atoms with Crippen molar-refractivity contribution in [3.8, 4) is 0 Å². The molecular formula is C7H11N3O3. The van der Waals surface area contributed by atoms with E-state index in [1.165, 1.54) is 6.07 Å². The topological polar surface area (TPSA) is 92.0 Å². The second-order valence-electron chi connectivity index (χ2n) is 2.89. The lowest BCUT2D eigenvalue weighted by molar-refractivity contribution is -0.389. The van der Waals surface area contributed by atoms with Crippen LogP contribution in [-0.2, 0) is 6.42 Å². The number of aromatic amines is 1. The molecule has 1 aromatic rings. The fraction of sp³-hybridized carbons (Fsp3) is 0.571. The number of nitrogens with one attached hydrogen (secondary N) is 1. The van der Waals surface area contributed by atoms with Crippen LogP contribution in [0, 0.1) is 10.1 Å². The van der Waals surface area contributed by atoms with Crippen molar-refractivity contribution >= 4 is 5.82 Å². The number of aromatic nitrogens is 2. The second-order valence-corrected chi connectivity index (χ2v) is 2.89. The van der Waals surface area contributed by atoms with Crippen molar-refractivity contribution < 1.29 is 10.0 Å². The zero-order valence-corrected chi connectivity index (χ0v) is 7.23. The minimum atomic E-state index is -0.529. The Hall–Kier alpha value is -1.43. The van der Waals surface area contributed by atoms with Crippen LogP contribution in [0.5, 0.6) is 0 Å². The van der Waals surface area contributed by atoms with E-state index in [1.807, 2.05) is 0 Å². The zero-order chi connectivity index (χ0) is 9.84. The van der Waals surface area contributed by atoms with E-state index in [9.17, 15) is 10.1 Å². The predicted octanol–water partition coefficient (Wildman–Crippen LogP) is 0.631. The molecule has 0 aliphatic rings. The molecule has 0 amide bonds. The number of H-pyrrole nitrogens is 1. The molecule has 0 bridgehead atoms. The van der Waals surface area contributed by atoms with Gasteiger partial charge in [0.2, 0.25) is 0 Å². The van der Waals surface area contributed by atoms with E-state index in [0.717, 1.165) is 0 Å². The summed E-state index contributed by atoms with van der Waals surface area (Å²) in [6, 6.07) is 1.38. The van der Waals surface area contributed by atoms with Gasteiger partial charge < -0.3 is 15.2 Å². The maximum absolute atomic E-state index is 10.2. The summed E-state index contributed by atoms with van der Waals surface area (Å²) >= 11 is 0. The number of nitro groups is 1. The van der Waals surface area contributed by atoms with Gasteiger partial charge in [-0.2, -0.15) is 0 Å². The fourth-order valence-corrected chi connectivity index (χ4v) is 0.930. The fourth-order valence-electron chi connectivity index (χ4n) is 0.930. The normalized spacial score (nSPS) is 12.8. The van der Waals surface area contributed by atoms with Gasteiger partial charge in [0.25, 0.3) is 0 Å². The summed E-state index contributed by atoms with van der Waals surface area (Å²) in [5, 5.41) is 25.2. The Kier molecular flexibility index (Phi) is 2.97. The van der Waals surface area contributed by atoms with E-state index in [-0.39, 0.29) is 5.82 Å². The van der Waals surface area contributed by atoms with Crippen LogP contribution in [0.4, 0.5) is 5.82 Å². The Morgan fingerprint density at radius 2 is 2.54 bits per heavy atom. The predicted molar refractivity (Wildman–Crippen MR) is 45.2 cm³/mol. The lowest BCUT2D eigenvalue weighted by Crippen LogP contribution is -2.01. The summed E-state index contributed by atoms with van der Waals surface area (Å²) in [5.74, 6) is -0.111. The number of hydrogen-bond donors (Lipinski definition) is 2. The smallest absolute Gasteiger partial charge is 0.342 e. The van der Waals surface area contributed by atoms with Crippen LogP contribution < -0.4 is 0 Å². The monoisotopic (exact) mass is 185 g/mol. The molecule has 1 unspecified atom stereocenters. The lowest BCUT2D eigenvalue weighted by Gasteiger charge is -1.98. The number of hydrogen-bond acceptors (Lipinski definition) is 4. The summed E-state index contributed by atoms with van der Waals surface area (Å²) in [6.45, 7) is 1.67. The van der Waals surface area contributed by atoms with Crippen molar-refractivity contribution in [2.75, 3.05) is 0 Å². The van der Waals surface area contributed by atoms with Gasteiger partial charge in [0, 0.05) is 0 Å². The summed E-state index contributed by atoms with van der Waals surface area (Å²) in [7, 11) is 0. The van der Waals surface area contributed by atoms with Crippen LogP contribution in [0.1, 0.15) is 19.0 Å². The van der Waals surface area contributed by atoms with Crippen LogP contribution in [0.2, 0.25) is 0 Å². The highest BCUT2D eigenvalue weighted by Crippen LogP contribution is 2.10. The van der Waals surface area contributed by atoms with Gasteiger partial charge in [0.05, 0.1) is 17.9 Å². The first-order valence-electron chi connectivity index (χ1n) is 3.96. The molecule has 0 saturated heterocycles. The highest BCUT2D eigenvalue weighted by Gasteiger charge is 2.09. The van der Waals surface area contributed by atoms with Crippen molar-refractivity contribution in [3.05, 3.63) is 21.9 Å². The number of nitrogens with zero attached hydrogens (tertiary/aromatic N) is 2. The Balaban J connectivity index is 2.54. The van der Waals surface area contributed by atoms with Gasteiger partial charge in [-0.05, 0) is 24.7 Å². The number of rotatable bonds is 4. The van der Waals surface area contributed by atoms with E-state index < -0.39 is 11.0 Å². The minimum Gasteiger partial charge on any atom is -0.393 e. The third kappa shape index (κ3) is 2.83. The summed E-state index contributed by atoms with van der Waals surface area (Å²) < 4.78 is 0. The van der Waals surface area contributed by atoms with Crippen molar-refractivity contribution in [1.82, 2.24) is 10.2 Å². The van der Waals surface area contributed by atoms with Gasteiger partial charge in [0.15, 0.2) is 0 Å². The van der Waals surface area contributed by atoms with Gasteiger partial charge in [-0.25, -0.2) is 0 Å². The van der Waals surface area contributed by atoms with E-state index >= 15 is 0 Å². The van der Waals surface area contributed by atoms with Crippen LogP contribution >= 0.6 is 0 Å². The maximum Gasteiger partial charge on any atom is 0.342 e. The van der Waals surface area contributed by atoms with E-state index in [1.54, 1.807) is 6.92 Å². The molecule has 0 fully saturated rings. The zero-order valence-electron chi connectivity index (χ0n) is 7.23. The average Bonchev–Trinajstić information content (AvgIpc) is 2.48. The molecule has 1 atom stereocenters. The van der Waals surface area contributed by atoms with Gasteiger partial charge in [0.1, 0.15) is 0 Å². The first-order chi connectivity index (χ1) is 6.09. The summed E-state index contributed by atoms with van der Waals surface area (Å²) in [6.07, 6.45) is 0.694. The molecule has 1 rings (SSSR count). The number of aliphatic hydroxyl groups excluding tert-OH is 1. The van der Waals surface area contributed by atoms with Crippen molar-refractivity contribution in [3.63, 3.8) is 0 Å². The Morgan fingerprint density at radius 3 is 3.00 bits per heavy atom. The van der Waals surface area contributed by atoms with E-state index in [4.69, 9.17) is 5.11 Å². The molecule has 13 heavy (non-hydrogen) atoms. The molecule has 6 heteroatoms. The minimum absolute atomic E-state index is 0.111. The molecule has 1 aromatic heterocycles. The van der Waals surface area contributed by atoms with E-state index in [0.29, 0.717) is 18.5 Å². The molecule has 2 N–H and O–H groups in total. The molecule has 1 heterocycles. The molecule has 0 aliphatic heterocycles. The molecule has 72 valence electrons. The van der Waals surface area contributed by atoms with Crippen molar-refractivity contribution in [2.24, 2.45) is 0 Å². The van der Waals surface area contributed by atoms with Gasteiger partial charge in [-0.15, -0.1) is 5.10 Å². The molecule has 0 aromatic carbocycles. The molecule has 0 aliphatic carbocycles. The number of aryl methyl sites for hydroxylation is 1. The van der Waals surface area contributed by atoms with E-state index in [2.05, 4.69) is 10.2 Å². The standard InChI is InChI=1S/C7H11N3O3/c1-5(11)2-3-6-4-7(9-8-6)10(12)13/h4-5,11H,2-3H2,1H3,(H,8,9). The average molecular weight is 185 g/mol. The van der Waals surface area contributed by atoms with Crippen LogP contribution in [0.3, 0.4) is 0 Å². The maximum atomic E-state index is 10.2. The molecule has 0 radical (unpaired) electrons. The van der Waals surface area contributed by atoms with Crippen LogP contribution in [0.15, 0.2) is 6.07 Å². The van der Waals surface area contributed by atoms with Gasteiger partial charge >= 0.3 is 5.82 Å².